The molecule has 0 aliphatic rings. The molecule has 1 amide bonds. The summed E-state index contributed by atoms with van der Waals surface area (Å²) in [5.41, 5.74) is 2.56. The number of carbonyl (C=O) groups is 1. The maximum absolute atomic E-state index is 12.5. The smallest absolute Gasteiger partial charge is 0.276 e. The average Bonchev–Trinajstić information content (AvgIpc) is 3.05. The van der Waals surface area contributed by atoms with Crippen LogP contribution < -0.4 is 10.2 Å². The third-order valence-electron chi connectivity index (χ3n) is 3.58. The monoisotopic (exact) mass is 374 g/mol. The lowest BCUT2D eigenvalue weighted by Crippen LogP contribution is -2.17. The molecular formula is C18H16Cl2N4O. The van der Waals surface area contributed by atoms with Gasteiger partial charge in [-0.2, -0.15) is 5.10 Å². The highest BCUT2D eigenvalue weighted by Crippen LogP contribution is 2.28. The van der Waals surface area contributed by atoms with Crippen molar-refractivity contribution in [1.29, 1.82) is 0 Å². The quantitative estimate of drug-likeness (QED) is 0.731. The molecule has 0 bridgehead atoms. The summed E-state index contributed by atoms with van der Waals surface area (Å²) in [6, 6.07) is 14.2. The van der Waals surface area contributed by atoms with Gasteiger partial charge in [-0.15, -0.1) is 0 Å². The van der Waals surface area contributed by atoms with E-state index in [1.165, 1.54) is 0 Å². The summed E-state index contributed by atoms with van der Waals surface area (Å²) in [7, 11) is 3.79. The fourth-order valence-electron chi connectivity index (χ4n) is 2.39. The molecule has 0 radical (unpaired) electrons. The van der Waals surface area contributed by atoms with Gasteiger partial charge in [0.05, 0.1) is 17.1 Å². The minimum atomic E-state index is -0.314. The Morgan fingerprint density at radius 3 is 2.56 bits per heavy atom. The van der Waals surface area contributed by atoms with Crippen LogP contribution in [0.2, 0.25) is 10.0 Å². The molecule has 0 unspecified atom stereocenters. The molecular weight excluding hydrogens is 359 g/mol. The molecule has 3 rings (SSSR count). The number of carbonyl (C=O) groups excluding carboxylic acids is 1. The number of benzene rings is 2. The van der Waals surface area contributed by atoms with E-state index in [1.54, 1.807) is 41.2 Å². The summed E-state index contributed by atoms with van der Waals surface area (Å²) >= 11 is 12.0. The Morgan fingerprint density at radius 2 is 1.84 bits per heavy atom. The highest BCUT2D eigenvalue weighted by Gasteiger charge is 2.14. The lowest BCUT2D eigenvalue weighted by molar-refractivity contribution is 0.102. The third-order valence-corrected chi connectivity index (χ3v) is 4.05. The molecule has 5 nitrogen and oxygen atoms in total. The van der Waals surface area contributed by atoms with E-state index in [0.717, 1.165) is 11.4 Å². The van der Waals surface area contributed by atoms with Gasteiger partial charge in [0, 0.05) is 30.3 Å². The van der Waals surface area contributed by atoms with Gasteiger partial charge >= 0.3 is 0 Å². The molecule has 0 saturated carbocycles. The number of aromatic nitrogens is 2. The summed E-state index contributed by atoms with van der Waals surface area (Å²) in [5.74, 6) is -0.314. The van der Waals surface area contributed by atoms with Gasteiger partial charge in [-0.05, 0) is 42.5 Å². The van der Waals surface area contributed by atoms with Crippen LogP contribution in [-0.4, -0.2) is 29.8 Å². The minimum Gasteiger partial charge on any atom is -0.376 e. The van der Waals surface area contributed by atoms with Gasteiger partial charge in [-0.3, -0.25) is 4.79 Å². The van der Waals surface area contributed by atoms with Gasteiger partial charge in [0.15, 0.2) is 5.69 Å². The number of amides is 1. The zero-order valence-electron chi connectivity index (χ0n) is 13.7. The van der Waals surface area contributed by atoms with Crippen LogP contribution in [0.15, 0.2) is 54.7 Å². The zero-order valence-corrected chi connectivity index (χ0v) is 15.2. The first kappa shape index (κ1) is 17.3. The number of nitrogens with zero attached hydrogens (tertiary/aromatic N) is 3. The fraction of sp³-hybridized carbons (Fsp3) is 0.111. The summed E-state index contributed by atoms with van der Waals surface area (Å²) in [4.78, 5) is 14.4. The van der Waals surface area contributed by atoms with Crippen LogP contribution in [0.3, 0.4) is 0 Å². The average molecular weight is 375 g/mol. The Bertz CT molecular complexity index is 921. The fourth-order valence-corrected chi connectivity index (χ4v) is 2.75. The van der Waals surface area contributed by atoms with E-state index in [2.05, 4.69) is 10.4 Å². The van der Waals surface area contributed by atoms with E-state index in [9.17, 15) is 4.79 Å². The van der Waals surface area contributed by atoms with Crippen molar-refractivity contribution in [3.05, 3.63) is 70.5 Å². The number of hydrogen-bond acceptors (Lipinski definition) is 3. The molecule has 0 aliphatic carbocycles. The third kappa shape index (κ3) is 3.95. The molecule has 0 atom stereocenters. The lowest BCUT2D eigenvalue weighted by Gasteiger charge is -2.17. The molecule has 1 heterocycles. The molecule has 1 N–H and O–H groups in total. The molecule has 0 fully saturated rings. The van der Waals surface area contributed by atoms with Crippen LogP contribution in [-0.2, 0) is 0 Å². The van der Waals surface area contributed by atoms with E-state index >= 15 is 0 Å². The van der Waals surface area contributed by atoms with Crippen LogP contribution in [0.1, 0.15) is 10.5 Å². The number of anilines is 2. The molecule has 1 aromatic heterocycles. The van der Waals surface area contributed by atoms with Crippen molar-refractivity contribution in [2.45, 2.75) is 0 Å². The SMILES string of the molecule is CN(C)c1ccc(Cl)cc1NC(=O)c1ccn(-c2cccc(Cl)c2)n1. The largest absolute Gasteiger partial charge is 0.376 e. The zero-order chi connectivity index (χ0) is 18.0. The van der Waals surface area contributed by atoms with Gasteiger partial charge < -0.3 is 10.2 Å². The Labute approximate surface area is 155 Å². The Hall–Kier alpha value is -2.50. The second kappa shape index (κ2) is 7.17. The lowest BCUT2D eigenvalue weighted by atomic mass is 10.2. The van der Waals surface area contributed by atoms with Crippen molar-refractivity contribution in [2.75, 3.05) is 24.3 Å². The molecule has 0 spiro atoms. The van der Waals surface area contributed by atoms with Crippen molar-refractivity contribution in [3.8, 4) is 5.69 Å². The van der Waals surface area contributed by atoms with Gasteiger partial charge in [0.2, 0.25) is 0 Å². The summed E-state index contributed by atoms with van der Waals surface area (Å²) in [5, 5.41) is 8.32. The van der Waals surface area contributed by atoms with Crippen LogP contribution in [0.25, 0.3) is 5.69 Å². The molecule has 0 saturated heterocycles. The Morgan fingerprint density at radius 1 is 1.08 bits per heavy atom. The standard InChI is InChI=1S/C18H16Cl2N4O/c1-23(2)17-7-6-13(20)11-16(17)21-18(25)15-8-9-24(22-15)14-5-3-4-12(19)10-14/h3-11H,1-2H3,(H,21,25). The highest BCUT2D eigenvalue weighted by molar-refractivity contribution is 6.31. The second-order valence-corrected chi connectivity index (χ2v) is 6.51. The maximum atomic E-state index is 12.5. The first-order chi connectivity index (χ1) is 11.9. The number of nitrogens with one attached hydrogen (secondary N) is 1. The van der Waals surface area contributed by atoms with Crippen LogP contribution >= 0.6 is 23.2 Å². The molecule has 2 aromatic carbocycles. The van der Waals surface area contributed by atoms with Crippen LogP contribution in [0.5, 0.6) is 0 Å². The van der Waals surface area contributed by atoms with Crippen molar-refractivity contribution in [3.63, 3.8) is 0 Å². The molecule has 128 valence electrons. The van der Waals surface area contributed by atoms with Gasteiger partial charge in [-0.25, -0.2) is 4.68 Å². The summed E-state index contributed by atoms with van der Waals surface area (Å²) < 4.78 is 1.60. The summed E-state index contributed by atoms with van der Waals surface area (Å²) in [6.45, 7) is 0. The molecule has 7 heteroatoms. The normalized spacial score (nSPS) is 10.6. The molecule has 25 heavy (non-hydrogen) atoms. The van der Waals surface area contributed by atoms with Crippen molar-refractivity contribution in [2.24, 2.45) is 0 Å². The number of halogens is 2. The first-order valence-electron chi connectivity index (χ1n) is 7.54. The highest BCUT2D eigenvalue weighted by atomic mass is 35.5. The van der Waals surface area contributed by atoms with E-state index < -0.39 is 0 Å². The maximum Gasteiger partial charge on any atom is 0.276 e. The van der Waals surface area contributed by atoms with Gasteiger partial charge in [0.25, 0.3) is 5.91 Å². The Kier molecular flexibility index (Phi) is 4.97. The van der Waals surface area contributed by atoms with E-state index in [-0.39, 0.29) is 5.91 Å². The second-order valence-electron chi connectivity index (χ2n) is 5.64. The predicted molar refractivity (Wildman–Crippen MR) is 102 cm³/mol. The predicted octanol–water partition coefficient (Wildman–Crippen LogP) is 4.50. The van der Waals surface area contributed by atoms with Crippen LogP contribution in [0.4, 0.5) is 11.4 Å². The first-order valence-corrected chi connectivity index (χ1v) is 8.29. The van der Waals surface area contributed by atoms with Crippen LogP contribution in [0, 0.1) is 0 Å². The Balaban J connectivity index is 1.85. The number of hydrogen-bond donors (Lipinski definition) is 1. The van der Waals surface area contributed by atoms with E-state index in [1.807, 2.05) is 37.2 Å². The van der Waals surface area contributed by atoms with Gasteiger partial charge in [0.1, 0.15) is 0 Å². The molecule has 0 aliphatic heterocycles. The number of rotatable bonds is 4. The van der Waals surface area contributed by atoms with Crippen molar-refractivity contribution >= 4 is 40.5 Å². The molecule has 3 aromatic rings. The van der Waals surface area contributed by atoms with Crippen molar-refractivity contribution < 1.29 is 4.79 Å². The minimum absolute atomic E-state index is 0.296. The van der Waals surface area contributed by atoms with Crippen molar-refractivity contribution in [1.82, 2.24) is 9.78 Å². The topological polar surface area (TPSA) is 50.2 Å². The van der Waals surface area contributed by atoms with E-state index in [0.29, 0.717) is 21.4 Å². The summed E-state index contributed by atoms with van der Waals surface area (Å²) in [6.07, 6.45) is 1.71. The van der Waals surface area contributed by atoms with Gasteiger partial charge in [-0.1, -0.05) is 29.3 Å². The van der Waals surface area contributed by atoms with E-state index in [4.69, 9.17) is 23.2 Å².